The van der Waals surface area contributed by atoms with Gasteiger partial charge >= 0.3 is 0 Å². The maximum Gasteiger partial charge on any atom is 0.293 e. The summed E-state index contributed by atoms with van der Waals surface area (Å²) in [5.74, 6) is -0.595. The molecule has 156 valence electrons. The Hall–Kier alpha value is -3.42. The molecular formula is C22H24N4O4. The predicted octanol–water partition coefficient (Wildman–Crippen LogP) is 3.97. The van der Waals surface area contributed by atoms with Crippen LogP contribution in [0, 0.1) is 17.0 Å². The van der Waals surface area contributed by atoms with Gasteiger partial charge in [-0.25, -0.2) is 0 Å². The lowest BCUT2D eigenvalue weighted by Crippen LogP contribution is -2.29. The van der Waals surface area contributed by atoms with Crippen molar-refractivity contribution in [1.82, 2.24) is 4.90 Å². The SMILES string of the molecule is Cc1cccc(C(=O)N2CCCC2)c1NC(=O)c1ccc(NC2CC2)c([N+](=O)[O-])c1. The number of aryl methyl sites for hydroxylation is 1. The van der Waals surface area contributed by atoms with E-state index in [2.05, 4.69) is 10.6 Å². The van der Waals surface area contributed by atoms with Crippen LogP contribution in [0.25, 0.3) is 0 Å². The number of anilines is 2. The van der Waals surface area contributed by atoms with Gasteiger partial charge < -0.3 is 15.5 Å². The van der Waals surface area contributed by atoms with Crippen LogP contribution in [0.3, 0.4) is 0 Å². The first kappa shape index (κ1) is 19.9. The molecule has 2 aromatic rings. The topological polar surface area (TPSA) is 105 Å². The summed E-state index contributed by atoms with van der Waals surface area (Å²) in [5.41, 5.74) is 2.10. The van der Waals surface area contributed by atoms with Crippen LogP contribution in [0.5, 0.6) is 0 Å². The predicted molar refractivity (Wildman–Crippen MR) is 114 cm³/mol. The van der Waals surface area contributed by atoms with Crippen LogP contribution in [0.2, 0.25) is 0 Å². The van der Waals surface area contributed by atoms with E-state index in [4.69, 9.17) is 0 Å². The van der Waals surface area contributed by atoms with Crippen LogP contribution < -0.4 is 10.6 Å². The largest absolute Gasteiger partial charge is 0.377 e. The van der Waals surface area contributed by atoms with E-state index in [0.717, 1.165) is 31.2 Å². The van der Waals surface area contributed by atoms with Gasteiger partial charge in [0.2, 0.25) is 0 Å². The molecule has 2 N–H and O–H groups in total. The third kappa shape index (κ3) is 4.12. The summed E-state index contributed by atoms with van der Waals surface area (Å²) in [6, 6.07) is 9.98. The number of nitro benzene ring substituents is 1. The van der Waals surface area contributed by atoms with Crippen LogP contribution in [0.4, 0.5) is 17.1 Å². The van der Waals surface area contributed by atoms with Crippen molar-refractivity contribution in [1.29, 1.82) is 0 Å². The zero-order chi connectivity index (χ0) is 21.3. The Morgan fingerprint density at radius 3 is 2.53 bits per heavy atom. The van der Waals surface area contributed by atoms with Gasteiger partial charge in [0.15, 0.2) is 0 Å². The molecule has 4 rings (SSSR count). The van der Waals surface area contributed by atoms with Crippen molar-refractivity contribution in [2.45, 2.75) is 38.6 Å². The molecule has 2 amide bonds. The van der Waals surface area contributed by atoms with E-state index >= 15 is 0 Å². The molecule has 2 fully saturated rings. The van der Waals surface area contributed by atoms with E-state index in [1.165, 1.54) is 6.07 Å². The van der Waals surface area contributed by atoms with Crippen molar-refractivity contribution >= 4 is 28.9 Å². The Bertz CT molecular complexity index is 1010. The van der Waals surface area contributed by atoms with Gasteiger partial charge in [0.05, 0.1) is 16.2 Å². The number of para-hydroxylation sites is 1. The van der Waals surface area contributed by atoms with E-state index in [1.807, 2.05) is 13.0 Å². The quantitative estimate of drug-likeness (QED) is 0.556. The van der Waals surface area contributed by atoms with Crippen LogP contribution in [-0.4, -0.2) is 40.8 Å². The molecular weight excluding hydrogens is 384 g/mol. The van der Waals surface area contributed by atoms with Crippen LogP contribution in [0.15, 0.2) is 36.4 Å². The van der Waals surface area contributed by atoms with E-state index in [9.17, 15) is 19.7 Å². The number of carbonyl (C=O) groups is 2. The van der Waals surface area contributed by atoms with E-state index in [1.54, 1.807) is 29.2 Å². The molecule has 1 aliphatic carbocycles. The lowest BCUT2D eigenvalue weighted by atomic mass is 10.1. The highest BCUT2D eigenvalue weighted by Gasteiger charge is 2.27. The minimum absolute atomic E-state index is 0.110. The molecule has 0 aromatic heterocycles. The average Bonchev–Trinajstić information content (AvgIpc) is 3.37. The Morgan fingerprint density at radius 2 is 1.87 bits per heavy atom. The number of rotatable bonds is 6. The van der Waals surface area contributed by atoms with Gasteiger partial charge in [-0.05, 0) is 56.4 Å². The first-order valence-electron chi connectivity index (χ1n) is 10.2. The standard InChI is InChI=1S/C22H24N4O4/c1-14-5-4-6-17(22(28)25-11-2-3-12-25)20(14)24-21(27)15-7-10-18(23-16-8-9-16)19(13-15)26(29)30/h4-7,10,13,16,23H,2-3,8-9,11-12H2,1H3,(H,24,27). The molecule has 1 heterocycles. The Balaban J connectivity index is 1.60. The van der Waals surface area contributed by atoms with Gasteiger partial charge in [0, 0.05) is 30.8 Å². The van der Waals surface area contributed by atoms with Crippen molar-refractivity contribution in [3.8, 4) is 0 Å². The van der Waals surface area contributed by atoms with Crippen LogP contribution in [-0.2, 0) is 0 Å². The molecule has 30 heavy (non-hydrogen) atoms. The Labute approximate surface area is 174 Å². The number of amides is 2. The van der Waals surface area contributed by atoms with Gasteiger partial charge in [-0.2, -0.15) is 0 Å². The van der Waals surface area contributed by atoms with Gasteiger partial charge in [-0.15, -0.1) is 0 Å². The lowest BCUT2D eigenvalue weighted by molar-refractivity contribution is -0.384. The fourth-order valence-corrected chi connectivity index (χ4v) is 3.68. The second kappa shape index (κ2) is 8.14. The zero-order valence-electron chi connectivity index (χ0n) is 16.8. The van der Waals surface area contributed by atoms with Gasteiger partial charge in [-0.3, -0.25) is 19.7 Å². The first-order valence-corrected chi connectivity index (χ1v) is 10.2. The van der Waals surface area contributed by atoms with Gasteiger partial charge in [-0.1, -0.05) is 12.1 Å². The third-order valence-electron chi connectivity index (χ3n) is 5.53. The monoisotopic (exact) mass is 408 g/mol. The number of nitrogens with zero attached hydrogens (tertiary/aromatic N) is 2. The highest BCUT2D eigenvalue weighted by molar-refractivity contribution is 6.10. The fourth-order valence-electron chi connectivity index (χ4n) is 3.68. The maximum absolute atomic E-state index is 12.9. The van der Waals surface area contributed by atoms with E-state index in [-0.39, 0.29) is 23.2 Å². The molecule has 8 nitrogen and oxygen atoms in total. The molecule has 0 spiro atoms. The smallest absolute Gasteiger partial charge is 0.293 e. The number of nitro groups is 1. The van der Waals surface area contributed by atoms with Crippen molar-refractivity contribution in [3.63, 3.8) is 0 Å². The summed E-state index contributed by atoms with van der Waals surface area (Å²) < 4.78 is 0. The minimum atomic E-state index is -0.489. The number of carbonyl (C=O) groups excluding carboxylic acids is 2. The number of hydrogen-bond acceptors (Lipinski definition) is 5. The summed E-state index contributed by atoms with van der Waals surface area (Å²) >= 11 is 0. The zero-order valence-corrected chi connectivity index (χ0v) is 16.8. The summed E-state index contributed by atoms with van der Waals surface area (Å²) in [4.78, 5) is 38.6. The molecule has 8 heteroatoms. The highest BCUT2D eigenvalue weighted by Crippen LogP contribution is 2.32. The maximum atomic E-state index is 12.9. The highest BCUT2D eigenvalue weighted by atomic mass is 16.6. The average molecular weight is 408 g/mol. The number of hydrogen-bond donors (Lipinski definition) is 2. The van der Waals surface area contributed by atoms with Crippen molar-refractivity contribution < 1.29 is 14.5 Å². The third-order valence-corrected chi connectivity index (χ3v) is 5.53. The number of nitrogens with one attached hydrogen (secondary N) is 2. The van der Waals surface area contributed by atoms with Crippen molar-refractivity contribution in [2.24, 2.45) is 0 Å². The van der Waals surface area contributed by atoms with Crippen molar-refractivity contribution in [2.75, 3.05) is 23.7 Å². The number of likely N-dealkylation sites (tertiary alicyclic amines) is 1. The van der Waals surface area contributed by atoms with Gasteiger partial charge in [0.1, 0.15) is 5.69 Å². The van der Waals surface area contributed by atoms with Crippen molar-refractivity contribution in [3.05, 3.63) is 63.2 Å². The fraction of sp³-hybridized carbons (Fsp3) is 0.364. The Kier molecular flexibility index (Phi) is 5.39. The van der Waals surface area contributed by atoms with Crippen LogP contribution in [0.1, 0.15) is 52.0 Å². The molecule has 0 radical (unpaired) electrons. The lowest BCUT2D eigenvalue weighted by Gasteiger charge is -2.19. The second-order valence-corrected chi connectivity index (χ2v) is 7.86. The molecule has 2 aliphatic rings. The number of benzene rings is 2. The summed E-state index contributed by atoms with van der Waals surface area (Å²) in [7, 11) is 0. The molecule has 1 saturated heterocycles. The second-order valence-electron chi connectivity index (χ2n) is 7.86. The summed E-state index contributed by atoms with van der Waals surface area (Å²) in [5, 5.41) is 17.4. The molecule has 2 aromatic carbocycles. The normalized spacial score (nSPS) is 15.7. The molecule has 1 aliphatic heterocycles. The molecule has 0 atom stereocenters. The molecule has 1 saturated carbocycles. The molecule has 0 bridgehead atoms. The summed E-state index contributed by atoms with van der Waals surface area (Å²) in [6.45, 7) is 3.24. The first-order chi connectivity index (χ1) is 14.4. The van der Waals surface area contributed by atoms with Crippen LogP contribution >= 0.6 is 0 Å². The van der Waals surface area contributed by atoms with Gasteiger partial charge in [0.25, 0.3) is 17.5 Å². The Morgan fingerprint density at radius 1 is 1.13 bits per heavy atom. The van der Waals surface area contributed by atoms with E-state index < -0.39 is 10.8 Å². The van der Waals surface area contributed by atoms with E-state index in [0.29, 0.717) is 30.0 Å². The minimum Gasteiger partial charge on any atom is -0.377 e. The molecule has 0 unspecified atom stereocenters. The summed E-state index contributed by atoms with van der Waals surface area (Å²) in [6.07, 6.45) is 3.93.